The van der Waals surface area contributed by atoms with Gasteiger partial charge in [-0.3, -0.25) is 0 Å². The number of hydrogen-bond acceptors (Lipinski definition) is 3. The van der Waals surface area contributed by atoms with Crippen LogP contribution in [0.3, 0.4) is 0 Å². The standard InChI is InChI=1S/C12H15BrO3/c1-15-12-10(14)6-11(12)16-7-8-3-2-4-9(13)5-8/h2-5,10-12,14H,6-7H2,1H3. The first-order valence-corrected chi connectivity index (χ1v) is 6.07. The van der Waals surface area contributed by atoms with Gasteiger partial charge in [0.2, 0.25) is 0 Å². The fourth-order valence-electron chi connectivity index (χ4n) is 1.86. The minimum absolute atomic E-state index is 0.0129. The Morgan fingerprint density at radius 3 is 2.94 bits per heavy atom. The van der Waals surface area contributed by atoms with E-state index in [-0.39, 0.29) is 18.3 Å². The number of methoxy groups -OCH3 is 1. The molecule has 1 aliphatic carbocycles. The van der Waals surface area contributed by atoms with Crippen LogP contribution < -0.4 is 0 Å². The predicted octanol–water partition coefficient (Wildman–Crippen LogP) is 2.11. The van der Waals surface area contributed by atoms with E-state index in [1.54, 1.807) is 7.11 Å². The van der Waals surface area contributed by atoms with Crippen LogP contribution >= 0.6 is 15.9 Å². The number of rotatable bonds is 4. The van der Waals surface area contributed by atoms with E-state index in [0.717, 1.165) is 10.0 Å². The van der Waals surface area contributed by atoms with Crippen LogP contribution in [0.4, 0.5) is 0 Å². The van der Waals surface area contributed by atoms with Crippen LogP contribution in [-0.2, 0) is 16.1 Å². The molecule has 1 N–H and O–H groups in total. The van der Waals surface area contributed by atoms with Gasteiger partial charge in [0.25, 0.3) is 0 Å². The van der Waals surface area contributed by atoms with E-state index >= 15 is 0 Å². The topological polar surface area (TPSA) is 38.7 Å². The van der Waals surface area contributed by atoms with Crippen LogP contribution in [0.25, 0.3) is 0 Å². The molecule has 1 aromatic carbocycles. The molecule has 88 valence electrons. The van der Waals surface area contributed by atoms with Gasteiger partial charge in [0, 0.05) is 18.0 Å². The summed E-state index contributed by atoms with van der Waals surface area (Å²) in [5.41, 5.74) is 1.12. The van der Waals surface area contributed by atoms with Gasteiger partial charge >= 0.3 is 0 Å². The van der Waals surface area contributed by atoms with Gasteiger partial charge in [-0.15, -0.1) is 0 Å². The first-order valence-electron chi connectivity index (χ1n) is 5.27. The van der Waals surface area contributed by atoms with Crippen LogP contribution in [0.15, 0.2) is 28.7 Å². The second-order valence-electron chi connectivity index (χ2n) is 3.98. The third-order valence-electron chi connectivity index (χ3n) is 2.84. The van der Waals surface area contributed by atoms with Gasteiger partial charge in [0.1, 0.15) is 6.10 Å². The zero-order chi connectivity index (χ0) is 11.5. The summed E-state index contributed by atoms with van der Waals surface area (Å²) < 4.78 is 11.9. The number of halogens is 1. The predicted molar refractivity (Wildman–Crippen MR) is 64.1 cm³/mol. The van der Waals surface area contributed by atoms with E-state index in [0.29, 0.717) is 13.0 Å². The first-order chi connectivity index (χ1) is 7.70. The summed E-state index contributed by atoms with van der Waals surface area (Å²) in [5, 5.41) is 9.41. The third kappa shape index (κ3) is 2.63. The summed E-state index contributed by atoms with van der Waals surface area (Å²) in [6.07, 6.45) is 0.121. The van der Waals surface area contributed by atoms with E-state index in [1.807, 2.05) is 24.3 Å². The fraction of sp³-hybridized carbons (Fsp3) is 0.500. The second-order valence-corrected chi connectivity index (χ2v) is 4.90. The normalized spacial score (nSPS) is 28.8. The van der Waals surface area contributed by atoms with Gasteiger partial charge in [0.05, 0.1) is 18.8 Å². The van der Waals surface area contributed by atoms with Crippen LogP contribution in [0, 0.1) is 0 Å². The lowest BCUT2D eigenvalue weighted by atomic mass is 9.88. The van der Waals surface area contributed by atoms with Crippen molar-refractivity contribution in [3.63, 3.8) is 0 Å². The van der Waals surface area contributed by atoms with Gasteiger partial charge < -0.3 is 14.6 Å². The van der Waals surface area contributed by atoms with E-state index in [9.17, 15) is 5.11 Å². The Morgan fingerprint density at radius 2 is 2.31 bits per heavy atom. The minimum Gasteiger partial charge on any atom is -0.390 e. The lowest BCUT2D eigenvalue weighted by molar-refractivity contribution is -0.185. The maximum atomic E-state index is 9.41. The Balaban J connectivity index is 1.84. The van der Waals surface area contributed by atoms with E-state index in [4.69, 9.17) is 9.47 Å². The van der Waals surface area contributed by atoms with Gasteiger partial charge in [-0.2, -0.15) is 0 Å². The number of ether oxygens (including phenoxy) is 2. The van der Waals surface area contributed by atoms with Crippen molar-refractivity contribution < 1.29 is 14.6 Å². The van der Waals surface area contributed by atoms with Gasteiger partial charge in [0.15, 0.2) is 0 Å². The molecule has 3 unspecified atom stereocenters. The number of benzene rings is 1. The highest BCUT2D eigenvalue weighted by Gasteiger charge is 2.41. The molecule has 0 aromatic heterocycles. The van der Waals surface area contributed by atoms with Gasteiger partial charge in [-0.25, -0.2) is 0 Å². The molecule has 0 bridgehead atoms. The lowest BCUT2D eigenvalue weighted by Crippen LogP contribution is -2.53. The summed E-state index contributed by atoms with van der Waals surface area (Å²) >= 11 is 3.42. The molecule has 4 heteroatoms. The van der Waals surface area contributed by atoms with Crippen LogP contribution in [0.5, 0.6) is 0 Å². The van der Waals surface area contributed by atoms with Crippen molar-refractivity contribution in [2.24, 2.45) is 0 Å². The quantitative estimate of drug-likeness (QED) is 0.922. The van der Waals surface area contributed by atoms with Crippen molar-refractivity contribution in [1.82, 2.24) is 0 Å². The molecule has 0 spiro atoms. The molecule has 1 aliphatic rings. The Kier molecular flexibility index (Phi) is 3.97. The average molecular weight is 287 g/mol. The Bertz CT molecular complexity index is 356. The molecule has 16 heavy (non-hydrogen) atoms. The molecule has 0 radical (unpaired) electrons. The molecule has 0 saturated heterocycles. The third-order valence-corrected chi connectivity index (χ3v) is 3.34. The maximum absolute atomic E-state index is 9.41. The number of aliphatic hydroxyl groups is 1. The molecule has 1 saturated carbocycles. The first kappa shape index (κ1) is 12.0. The zero-order valence-corrected chi connectivity index (χ0v) is 10.7. The Morgan fingerprint density at radius 1 is 1.50 bits per heavy atom. The average Bonchev–Trinajstić information content (AvgIpc) is 2.24. The molecular formula is C12H15BrO3. The SMILES string of the molecule is COC1C(O)CC1OCc1cccc(Br)c1. The number of aliphatic hydroxyl groups excluding tert-OH is 1. The monoisotopic (exact) mass is 286 g/mol. The minimum atomic E-state index is -0.377. The van der Waals surface area contributed by atoms with Crippen LogP contribution in [0.1, 0.15) is 12.0 Å². The largest absolute Gasteiger partial charge is 0.390 e. The van der Waals surface area contributed by atoms with E-state index in [1.165, 1.54) is 0 Å². The Hall–Kier alpha value is -0.420. The summed E-state index contributed by atoms with van der Waals surface area (Å²) in [6, 6.07) is 8.00. The molecule has 0 aliphatic heterocycles. The molecule has 0 amide bonds. The molecule has 1 fully saturated rings. The molecule has 0 heterocycles. The van der Waals surface area contributed by atoms with Gasteiger partial charge in [-0.05, 0) is 17.7 Å². The van der Waals surface area contributed by atoms with Crippen molar-refractivity contribution in [3.8, 4) is 0 Å². The highest BCUT2D eigenvalue weighted by molar-refractivity contribution is 9.10. The van der Waals surface area contributed by atoms with Crippen molar-refractivity contribution in [3.05, 3.63) is 34.3 Å². The van der Waals surface area contributed by atoms with Crippen LogP contribution in [-0.4, -0.2) is 30.5 Å². The van der Waals surface area contributed by atoms with Gasteiger partial charge in [-0.1, -0.05) is 28.1 Å². The highest BCUT2D eigenvalue weighted by Crippen LogP contribution is 2.27. The summed E-state index contributed by atoms with van der Waals surface area (Å²) in [6.45, 7) is 0.552. The molecule has 1 aromatic rings. The molecule has 3 nitrogen and oxygen atoms in total. The smallest absolute Gasteiger partial charge is 0.109 e. The molecule has 2 rings (SSSR count). The maximum Gasteiger partial charge on any atom is 0.109 e. The van der Waals surface area contributed by atoms with Crippen molar-refractivity contribution >= 4 is 15.9 Å². The lowest BCUT2D eigenvalue weighted by Gasteiger charge is -2.39. The second kappa shape index (κ2) is 5.27. The summed E-state index contributed by atoms with van der Waals surface area (Å²) in [7, 11) is 1.60. The Labute approximate surface area is 104 Å². The number of hydrogen-bond donors (Lipinski definition) is 1. The fourth-order valence-corrected chi connectivity index (χ4v) is 2.31. The highest BCUT2D eigenvalue weighted by atomic mass is 79.9. The zero-order valence-electron chi connectivity index (χ0n) is 9.10. The molecule has 3 atom stereocenters. The molecular weight excluding hydrogens is 272 g/mol. The van der Waals surface area contributed by atoms with E-state index in [2.05, 4.69) is 15.9 Å². The van der Waals surface area contributed by atoms with Crippen molar-refractivity contribution in [2.45, 2.75) is 31.3 Å². The van der Waals surface area contributed by atoms with Crippen molar-refractivity contribution in [1.29, 1.82) is 0 Å². The van der Waals surface area contributed by atoms with E-state index < -0.39 is 0 Å². The van der Waals surface area contributed by atoms with Crippen LogP contribution in [0.2, 0.25) is 0 Å². The summed E-state index contributed by atoms with van der Waals surface area (Å²) in [5.74, 6) is 0. The summed E-state index contributed by atoms with van der Waals surface area (Å²) in [4.78, 5) is 0. The van der Waals surface area contributed by atoms with Crippen molar-refractivity contribution in [2.75, 3.05) is 7.11 Å².